The molecule has 7 nitrogen and oxygen atoms in total. The molecule has 0 heterocycles. The second-order valence-corrected chi connectivity index (χ2v) is 3.02. The maximum Gasteiger partial charge on any atom is 0.328 e. The van der Waals surface area contributed by atoms with Gasteiger partial charge in [-0.1, -0.05) is 0 Å². The Kier molecular flexibility index (Phi) is 3.55. The molecule has 1 rings (SSSR count). The average Bonchev–Trinajstić information content (AvgIpc) is 2.27. The summed E-state index contributed by atoms with van der Waals surface area (Å²) < 4.78 is 0. The van der Waals surface area contributed by atoms with Crippen molar-refractivity contribution < 1.29 is 24.7 Å². The predicted molar refractivity (Wildman–Crippen MR) is 56.8 cm³/mol. The fourth-order valence-electron chi connectivity index (χ4n) is 1.16. The number of nitro benzene ring substituents is 1. The smallest absolute Gasteiger partial charge is 0.328 e. The van der Waals surface area contributed by atoms with Gasteiger partial charge in [0.25, 0.3) is 0 Å². The van der Waals surface area contributed by atoms with Crippen LogP contribution in [0.25, 0.3) is 6.08 Å². The molecule has 0 aliphatic rings. The van der Waals surface area contributed by atoms with Crippen LogP contribution in [0.1, 0.15) is 15.9 Å². The zero-order valence-electron chi connectivity index (χ0n) is 8.36. The number of aldehydes is 1. The molecule has 0 fully saturated rings. The number of aliphatic carboxylic acids is 1. The van der Waals surface area contributed by atoms with Crippen LogP contribution in [0, 0.1) is 10.1 Å². The van der Waals surface area contributed by atoms with Crippen molar-refractivity contribution in [3.8, 4) is 5.75 Å². The topological polar surface area (TPSA) is 118 Å². The SMILES string of the molecule is O=Cc1cc(C=CC(=O)O)cc([N+](=O)[O-])c1O. The van der Waals surface area contributed by atoms with Crippen molar-refractivity contribution in [2.24, 2.45) is 0 Å². The van der Waals surface area contributed by atoms with Gasteiger partial charge < -0.3 is 10.2 Å². The first-order valence-corrected chi connectivity index (χ1v) is 4.33. The fraction of sp³-hybridized carbons (Fsp3) is 0. The van der Waals surface area contributed by atoms with Crippen LogP contribution >= 0.6 is 0 Å². The Labute approximate surface area is 94.8 Å². The number of carboxylic acids is 1. The molecular weight excluding hydrogens is 230 g/mol. The van der Waals surface area contributed by atoms with Gasteiger partial charge in [0.2, 0.25) is 5.75 Å². The molecule has 0 radical (unpaired) electrons. The summed E-state index contributed by atoms with van der Waals surface area (Å²) in [4.78, 5) is 30.6. The normalized spacial score (nSPS) is 10.4. The lowest BCUT2D eigenvalue weighted by molar-refractivity contribution is -0.385. The minimum atomic E-state index is -1.23. The lowest BCUT2D eigenvalue weighted by Crippen LogP contribution is -1.94. The van der Waals surface area contributed by atoms with Crippen LogP contribution < -0.4 is 0 Å². The Morgan fingerprint density at radius 2 is 2.06 bits per heavy atom. The van der Waals surface area contributed by atoms with Crippen molar-refractivity contribution in [3.63, 3.8) is 0 Å². The molecule has 0 bridgehead atoms. The maximum atomic E-state index is 10.6. The second-order valence-electron chi connectivity index (χ2n) is 3.02. The van der Waals surface area contributed by atoms with Gasteiger partial charge in [-0.3, -0.25) is 14.9 Å². The van der Waals surface area contributed by atoms with Crippen LogP contribution in [0.15, 0.2) is 18.2 Å². The minimum Gasteiger partial charge on any atom is -0.502 e. The van der Waals surface area contributed by atoms with Crippen LogP contribution in [-0.2, 0) is 4.79 Å². The zero-order chi connectivity index (χ0) is 13.0. The molecule has 0 atom stereocenters. The molecule has 2 N–H and O–H groups in total. The molecule has 0 saturated carbocycles. The van der Waals surface area contributed by atoms with E-state index in [9.17, 15) is 24.8 Å². The third kappa shape index (κ3) is 2.88. The van der Waals surface area contributed by atoms with E-state index in [0.29, 0.717) is 0 Å². The molecular formula is C10H7NO6. The van der Waals surface area contributed by atoms with E-state index in [4.69, 9.17) is 5.11 Å². The van der Waals surface area contributed by atoms with E-state index in [1.54, 1.807) is 0 Å². The molecule has 17 heavy (non-hydrogen) atoms. The van der Waals surface area contributed by atoms with E-state index in [-0.39, 0.29) is 17.4 Å². The van der Waals surface area contributed by atoms with Gasteiger partial charge in [-0.25, -0.2) is 4.79 Å². The van der Waals surface area contributed by atoms with Crippen molar-refractivity contribution in [1.29, 1.82) is 0 Å². The summed E-state index contributed by atoms with van der Waals surface area (Å²) in [7, 11) is 0. The highest BCUT2D eigenvalue weighted by Crippen LogP contribution is 2.30. The third-order valence-corrected chi connectivity index (χ3v) is 1.88. The number of phenolic OH excluding ortho intramolecular Hbond substituents is 1. The quantitative estimate of drug-likeness (QED) is 0.351. The number of carbonyl (C=O) groups is 2. The first kappa shape index (κ1) is 12.4. The van der Waals surface area contributed by atoms with Gasteiger partial charge in [0.1, 0.15) is 0 Å². The molecule has 0 saturated heterocycles. The number of hydrogen-bond donors (Lipinski definition) is 2. The van der Waals surface area contributed by atoms with Crippen molar-refractivity contribution in [1.82, 2.24) is 0 Å². The lowest BCUT2D eigenvalue weighted by Gasteiger charge is -2.01. The van der Waals surface area contributed by atoms with E-state index >= 15 is 0 Å². The number of aromatic hydroxyl groups is 1. The van der Waals surface area contributed by atoms with Gasteiger partial charge >= 0.3 is 11.7 Å². The van der Waals surface area contributed by atoms with Gasteiger partial charge in [0.05, 0.1) is 10.5 Å². The highest BCUT2D eigenvalue weighted by Gasteiger charge is 2.17. The summed E-state index contributed by atoms with van der Waals surface area (Å²) in [6.45, 7) is 0. The van der Waals surface area contributed by atoms with Gasteiger partial charge in [0, 0.05) is 12.1 Å². The van der Waals surface area contributed by atoms with E-state index in [0.717, 1.165) is 24.3 Å². The highest BCUT2D eigenvalue weighted by atomic mass is 16.6. The third-order valence-electron chi connectivity index (χ3n) is 1.88. The van der Waals surface area contributed by atoms with Crippen molar-refractivity contribution >= 4 is 24.0 Å². The molecule has 0 unspecified atom stereocenters. The molecule has 7 heteroatoms. The number of phenols is 1. The number of carboxylic acid groups (broad SMARTS) is 1. The van der Waals surface area contributed by atoms with Crippen molar-refractivity contribution in [3.05, 3.63) is 39.4 Å². The van der Waals surface area contributed by atoms with E-state index in [1.807, 2.05) is 0 Å². The summed E-state index contributed by atoms with van der Waals surface area (Å²) in [6.07, 6.45) is 2.10. The number of carbonyl (C=O) groups excluding carboxylic acids is 1. The van der Waals surface area contributed by atoms with Gasteiger partial charge in [-0.05, 0) is 17.7 Å². The number of nitrogens with zero attached hydrogens (tertiary/aromatic N) is 1. The largest absolute Gasteiger partial charge is 0.502 e. The van der Waals surface area contributed by atoms with Gasteiger partial charge in [-0.15, -0.1) is 0 Å². The molecule has 88 valence electrons. The van der Waals surface area contributed by atoms with Crippen molar-refractivity contribution in [2.75, 3.05) is 0 Å². The summed E-state index contributed by atoms with van der Waals surface area (Å²) in [5.41, 5.74) is -0.789. The van der Waals surface area contributed by atoms with E-state index < -0.39 is 22.3 Å². The van der Waals surface area contributed by atoms with E-state index in [2.05, 4.69) is 0 Å². The summed E-state index contributed by atoms with van der Waals surface area (Å²) in [6, 6.07) is 2.12. The fourth-order valence-corrected chi connectivity index (χ4v) is 1.16. The number of nitro groups is 1. The Balaban J connectivity index is 3.34. The molecule has 0 amide bonds. The molecule has 0 aliphatic carbocycles. The second kappa shape index (κ2) is 4.88. The maximum absolute atomic E-state index is 10.6. The zero-order valence-corrected chi connectivity index (χ0v) is 8.36. The van der Waals surface area contributed by atoms with E-state index in [1.165, 1.54) is 0 Å². The number of hydrogen-bond acceptors (Lipinski definition) is 5. The Hall–Kier alpha value is -2.70. The molecule has 1 aromatic carbocycles. The van der Waals surface area contributed by atoms with Gasteiger partial charge in [0.15, 0.2) is 6.29 Å². The predicted octanol–water partition coefficient (Wildman–Crippen LogP) is 1.21. The Morgan fingerprint density at radius 3 is 2.53 bits per heavy atom. The van der Waals surface area contributed by atoms with Crippen LogP contribution in [0.5, 0.6) is 5.75 Å². The lowest BCUT2D eigenvalue weighted by atomic mass is 10.1. The summed E-state index contributed by atoms with van der Waals surface area (Å²) in [5.74, 6) is -1.97. The Bertz CT molecular complexity index is 520. The van der Waals surface area contributed by atoms with Crippen LogP contribution in [0.3, 0.4) is 0 Å². The average molecular weight is 237 g/mol. The highest BCUT2D eigenvalue weighted by molar-refractivity contribution is 5.88. The Morgan fingerprint density at radius 1 is 1.41 bits per heavy atom. The first-order chi connectivity index (χ1) is 7.95. The van der Waals surface area contributed by atoms with Gasteiger partial charge in [-0.2, -0.15) is 0 Å². The minimum absolute atomic E-state index is 0.138. The van der Waals surface area contributed by atoms with Crippen molar-refractivity contribution in [2.45, 2.75) is 0 Å². The monoisotopic (exact) mass is 237 g/mol. The van der Waals surface area contributed by atoms with Crippen LogP contribution in [0.4, 0.5) is 5.69 Å². The summed E-state index contributed by atoms with van der Waals surface area (Å²) >= 11 is 0. The summed E-state index contributed by atoms with van der Waals surface area (Å²) in [5, 5.41) is 28.3. The number of rotatable bonds is 4. The standard InChI is InChI=1S/C10H7NO6/c12-5-7-3-6(1-2-9(13)14)4-8(10(7)15)11(16)17/h1-5,15H,(H,13,14). The van der Waals surface area contributed by atoms with Crippen LogP contribution in [-0.4, -0.2) is 27.4 Å². The molecule has 0 aromatic heterocycles. The molecule has 0 spiro atoms. The molecule has 1 aromatic rings. The number of benzene rings is 1. The molecule has 0 aliphatic heterocycles. The van der Waals surface area contributed by atoms with Crippen LogP contribution in [0.2, 0.25) is 0 Å². The first-order valence-electron chi connectivity index (χ1n) is 4.33.